The Morgan fingerprint density at radius 2 is 1.33 bits per heavy atom. The number of thiocarbonyl (C=S) groups is 1. The number of nitrogens with zero attached hydrogens (tertiary/aromatic N) is 2. The van der Waals surface area contributed by atoms with Crippen LogP contribution in [0, 0.1) is 13.8 Å². The van der Waals surface area contributed by atoms with Gasteiger partial charge in [0, 0.05) is 10.6 Å². The number of benzene rings is 4. The molecule has 1 aliphatic heterocycles. The second-order valence-corrected chi connectivity index (χ2v) is 10.6. The molecule has 1 heterocycles. The minimum atomic E-state index is -0.505. The monoisotopic (exact) mass is 596 g/mol. The van der Waals surface area contributed by atoms with Crippen LogP contribution < -0.4 is 19.3 Å². The van der Waals surface area contributed by atoms with Crippen LogP contribution in [0.3, 0.4) is 0 Å². The number of carbonyl (C=O) groups is 2. The van der Waals surface area contributed by atoms with E-state index in [9.17, 15) is 9.59 Å². The molecule has 1 saturated heterocycles. The maximum absolute atomic E-state index is 13.9. The van der Waals surface area contributed by atoms with Gasteiger partial charge in [0.1, 0.15) is 12.2 Å². The molecule has 0 spiro atoms. The Hall–Kier alpha value is -4.46. The SMILES string of the molecule is CCOc1cc(C=C2C(=O)N(c3ccc(C)cc3)C(=S)N(c3ccc(C)cc3)C2=O)ccc1OCc1ccccc1Cl. The van der Waals surface area contributed by atoms with Gasteiger partial charge < -0.3 is 9.47 Å². The molecule has 4 aromatic rings. The fraction of sp³-hybridized carbons (Fsp3) is 0.147. The number of rotatable bonds is 8. The third-order valence-electron chi connectivity index (χ3n) is 6.75. The van der Waals surface area contributed by atoms with Crippen LogP contribution in [0.4, 0.5) is 11.4 Å². The molecule has 8 heteroatoms. The molecule has 0 saturated carbocycles. The van der Waals surface area contributed by atoms with Gasteiger partial charge in [0.25, 0.3) is 11.8 Å². The van der Waals surface area contributed by atoms with E-state index in [-0.39, 0.29) is 17.3 Å². The van der Waals surface area contributed by atoms with Gasteiger partial charge in [0.15, 0.2) is 16.6 Å². The second kappa shape index (κ2) is 12.6. The molecule has 0 N–H and O–H groups in total. The molecular formula is C34H29ClN2O4S. The number of amides is 2. The number of ether oxygens (including phenoxy) is 2. The van der Waals surface area contributed by atoms with Crippen molar-refractivity contribution in [2.75, 3.05) is 16.4 Å². The standard InChI is InChI=1S/C34H29ClN2O4S/c1-4-40-31-20-24(13-18-30(31)41-21-25-7-5-6-8-29(25)35)19-28-32(38)36(26-14-9-22(2)10-15-26)34(42)37(33(28)39)27-16-11-23(3)12-17-27/h5-20H,4,21H2,1-3H3. The van der Waals surface area contributed by atoms with E-state index >= 15 is 0 Å². The molecule has 42 heavy (non-hydrogen) atoms. The first-order chi connectivity index (χ1) is 20.3. The summed E-state index contributed by atoms with van der Waals surface area (Å²) in [4.78, 5) is 30.6. The topological polar surface area (TPSA) is 59.1 Å². The van der Waals surface area contributed by atoms with Crippen molar-refractivity contribution in [2.45, 2.75) is 27.4 Å². The van der Waals surface area contributed by atoms with Gasteiger partial charge in [0.2, 0.25) is 0 Å². The van der Waals surface area contributed by atoms with Crippen molar-refractivity contribution in [2.24, 2.45) is 0 Å². The highest BCUT2D eigenvalue weighted by Gasteiger charge is 2.41. The van der Waals surface area contributed by atoms with Crippen molar-refractivity contribution in [3.05, 3.63) is 124 Å². The van der Waals surface area contributed by atoms with Crippen LogP contribution in [-0.2, 0) is 16.2 Å². The summed E-state index contributed by atoms with van der Waals surface area (Å²) in [6.45, 7) is 6.45. The highest BCUT2D eigenvalue weighted by Crippen LogP contribution is 2.33. The maximum Gasteiger partial charge on any atom is 0.270 e. The highest BCUT2D eigenvalue weighted by molar-refractivity contribution is 7.81. The Morgan fingerprint density at radius 3 is 1.88 bits per heavy atom. The molecule has 0 bridgehead atoms. The summed E-state index contributed by atoms with van der Waals surface area (Å²) in [6, 6.07) is 27.6. The predicted molar refractivity (Wildman–Crippen MR) is 171 cm³/mol. The van der Waals surface area contributed by atoms with E-state index in [0.717, 1.165) is 16.7 Å². The van der Waals surface area contributed by atoms with Crippen LogP contribution in [0.1, 0.15) is 29.2 Å². The molecule has 0 unspecified atom stereocenters. The van der Waals surface area contributed by atoms with Crippen molar-refractivity contribution < 1.29 is 19.1 Å². The van der Waals surface area contributed by atoms with E-state index in [1.165, 1.54) is 9.80 Å². The van der Waals surface area contributed by atoms with E-state index in [0.29, 0.717) is 40.1 Å². The zero-order valence-corrected chi connectivity index (χ0v) is 25.0. The minimum Gasteiger partial charge on any atom is -0.490 e. The molecule has 5 rings (SSSR count). The fourth-order valence-corrected chi connectivity index (χ4v) is 5.08. The lowest BCUT2D eigenvalue weighted by Crippen LogP contribution is -2.56. The summed E-state index contributed by atoms with van der Waals surface area (Å²) in [7, 11) is 0. The average molecular weight is 597 g/mol. The third-order valence-corrected chi connectivity index (χ3v) is 7.49. The minimum absolute atomic E-state index is 0.0306. The highest BCUT2D eigenvalue weighted by atomic mass is 35.5. The van der Waals surface area contributed by atoms with E-state index in [1.807, 2.05) is 93.6 Å². The summed E-state index contributed by atoms with van der Waals surface area (Å²) >= 11 is 12.0. The number of halogens is 1. The van der Waals surface area contributed by atoms with Gasteiger partial charge in [-0.25, -0.2) is 0 Å². The number of aryl methyl sites for hydroxylation is 2. The number of carbonyl (C=O) groups excluding carboxylic acids is 2. The van der Waals surface area contributed by atoms with Crippen LogP contribution in [0.25, 0.3) is 6.08 Å². The number of anilines is 2. The predicted octanol–water partition coefficient (Wildman–Crippen LogP) is 7.68. The van der Waals surface area contributed by atoms with Gasteiger partial charge in [-0.2, -0.15) is 0 Å². The molecule has 0 radical (unpaired) electrons. The summed E-state index contributed by atoms with van der Waals surface area (Å²) in [5, 5.41) is 0.702. The first kappa shape index (κ1) is 29.0. The number of hydrogen-bond donors (Lipinski definition) is 0. The van der Waals surface area contributed by atoms with E-state index in [1.54, 1.807) is 24.3 Å². The lowest BCUT2D eigenvalue weighted by Gasteiger charge is -2.36. The van der Waals surface area contributed by atoms with E-state index < -0.39 is 11.8 Å². The van der Waals surface area contributed by atoms with Crippen molar-refractivity contribution in [1.82, 2.24) is 0 Å². The molecule has 0 aromatic heterocycles. The summed E-state index contributed by atoms with van der Waals surface area (Å²) in [5.41, 5.74) is 4.63. The van der Waals surface area contributed by atoms with Gasteiger partial charge in [-0.1, -0.05) is 71.3 Å². The largest absolute Gasteiger partial charge is 0.490 e. The van der Waals surface area contributed by atoms with Crippen LogP contribution in [0.15, 0.2) is 96.6 Å². The first-order valence-electron chi connectivity index (χ1n) is 13.5. The summed E-state index contributed by atoms with van der Waals surface area (Å²) in [6.07, 6.45) is 1.56. The van der Waals surface area contributed by atoms with Crippen molar-refractivity contribution in [3.8, 4) is 11.5 Å². The van der Waals surface area contributed by atoms with Gasteiger partial charge in [-0.15, -0.1) is 0 Å². The van der Waals surface area contributed by atoms with E-state index in [2.05, 4.69) is 0 Å². The molecule has 6 nitrogen and oxygen atoms in total. The Kier molecular flexibility index (Phi) is 8.71. The van der Waals surface area contributed by atoms with Crippen LogP contribution in [0.5, 0.6) is 11.5 Å². The molecule has 2 amide bonds. The molecule has 0 aliphatic carbocycles. The van der Waals surface area contributed by atoms with Crippen LogP contribution >= 0.6 is 23.8 Å². The summed E-state index contributed by atoms with van der Waals surface area (Å²) in [5.74, 6) is -0.0108. The maximum atomic E-state index is 13.9. The Morgan fingerprint density at radius 1 is 0.762 bits per heavy atom. The molecule has 212 valence electrons. The molecule has 1 aliphatic rings. The van der Waals surface area contributed by atoms with Gasteiger partial charge in [0.05, 0.1) is 18.0 Å². The normalized spacial score (nSPS) is 13.4. The van der Waals surface area contributed by atoms with Crippen molar-refractivity contribution in [1.29, 1.82) is 0 Å². The Balaban J connectivity index is 1.53. The van der Waals surface area contributed by atoms with Gasteiger partial charge in [-0.05, 0) is 87.1 Å². The first-order valence-corrected chi connectivity index (χ1v) is 14.3. The average Bonchev–Trinajstić information content (AvgIpc) is 2.98. The van der Waals surface area contributed by atoms with Crippen molar-refractivity contribution in [3.63, 3.8) is 0 Å². The molecular weight excluding hydrogens is 568 g/mol. The Labute approximate surface area is 255 Å². The van der Waals surface area contributed by atoms with Gasteiger partial charge in [-0.3, -0.25) is 19.4 Å². The third kappa shape index (κ3) is 6.08. The fourth-order valence-electron chi connectivity index (χ4n) is 4.51. The zero-order valence-electron chi connectivity index (χ0n) is 23.5. The van der Waals surface area contributed by atoms with Gasteiger partial charge >= 0.3 is 0 Å². The molecule has 1 fully saturated rings. The molecule has 0 atom stereocenters. The summed E-state index contributed by atoms with van der Waals surface area (Å²) < 4.78 is 11.9. The zero-order chi connectivity index (χ0) is 29.8. The lowest BCUT2D eigenvalue weighted by molar-refractivity contribution is -0.120. The van der Waals surface area contributed by atoms with Crippen LogP contribution in [-0.4, -0.2) is 23.5 Å². The van der Waals surface area contributed by atoms with E-state index in [4.69, 9.17) is 33.3 Å². The second-order valence-electron chi connectivity index (χ2n) is 9.81. The molecule has 4 aromatic carbocycles. The lowest BCUT2D eigenvalue weighted by atomic mass is 10.0. The quantitative estimate of drug-likeness (QED) is 0.119. The smallest absolute Gasteiger partial charge is 0.270 e. The Bertz CT molecular complexity index is 1610. The number of hydrogen-bond acceptors (Lipinski definition) is 5. The van der Waals surface area contributed by atoms with Crippen molar-refractivity contribution >= 4 is 58.2 Å². The van der Waals surface area contributed by atoms with Crippen LogP contribution in [0.2, 0.25) is 5.02 Å².